The number of carbonyl (C=O) groups is 3. The van der Waals surface area contributed by atoms with Gasteiger partial charge in [0.05, 0.1) is 32.4 Å². The number of likely N-dealkylation sites (tertiary alicyclic amines) is 1. The van der Waals surface area contributed by atoms with Crippen LogP contribution >= 0.6 is 15.9 Å². The Morgan fingerprint density at radius 3 is 1.55 bits per heavy atom. The van der Waals surface area contributed by atoms with Crippen molar-refractivity contribution < 1.29 is 42.0 Å². The molecule has 15 nitrogen and oxygen atoms in total. The highest BCUT2D eigenvalue weighted by Crippen LogP contribution is 2.39. The van der Waals surface area contributed by atoms with Crippen LogP contribution in [0.25, 0.3) is 5.57 Å². The van der Waals surface area contributed by atoms with Crippen molar-refractivity contribution in [2.24, 2.45) is 17.2 Å². The summed E-state index contributed by atoms with van der Waals surface area (Å²) in [5, 5.41) is 7.00. The van der Waals surface area contributed by atoms with E-state index < -0.39 is 29.4 Å². The second kappa shape index (κ2) is 24.2. The lowest BCUT2D eigenvalue weighted by Gasteiger charge is -2.32. The van der Waals surface area contributed by atoms with E-state index >= 15 is 0 Å². The predicted molar refractivity (Wildman–Crippen MR) is 260 cm³/mol. The van der Waals surface area contributed by atoms with Gasteiger partial charge in [0.15, 0.2) is 0 Å². The van der Waals surface area contributed by atoms with Crippen molar-refractivity contribution in [1.29, 1.82) is 0 Å². The average molecular weight is 989 g/mol. The predicted octanol–water partition coefficient (Wildman–Crippen LogP) is 5.30. The van der Waals surface area contributed by atoms with Crippen molar-refractivity contribution in [1.82, 2.24) is 14.7 Å². The van der Waals surface area contributed by atoms with Gasteiger partial charge in [-0.1, -0.05) is 12.2 Å². The fraction of sp³-hybridized carbons (Fsp3) is 0.457. The molecule has 2 fully saturated rings. The first-order valence-corrected chi connectivity index (χ1v) is 22.2. The number of hydrogen-bond acceptors (Lipinski definition) is 12. The first-order valence-electron chi connectivity index (χ1n) is 21.4. The Bertz CT molecular complexity index is 2260. The Kier molecular flexibility index (Phi) is 20.3. The van der Waals surface area contributed by atoms with Crippen LogP contribution in [0.3, 0.4) is 0 Å². The van der Waals surface area contributed by atoms with Crippen LogP contribution in [0.15, 0.2) is 58.5 Å². The third-order valence-electron chi connectivity index (χ3n) is 12.1. The van der Waals surface area contributed by atoms with Gasteiger partial charge in [-0.3, -0.25) is 14.4 Å². The lowest BCUT2D eigenvalue weighted by atomic mass is 9.75. The van der Waals surface area contributed by atoms with Gasteiger partial charge in [-0.05, 0) is 162 Å². The van der Waals surface area contributed by atoms with Gasteiger partial charge in [0.25, 0.3) is 17.7 Å². The molecular weight excluding hydrogens is 922 g/mol. The van der Waals surface area contributed by atoms with Gasteiger partial charge in [0.2, 0.25) is 0 Å². The molecule has 0 radical (unpaired) electrons. The highest BCUT2D eigenvalue weighted by Gasteiger charge is 2.52. The number of nitrogen functional groups attached to an aromatic ring is 3. The van der Waals surface area contributed by atoms with E-state index in [-0.39, 0.29) is 68.3 Å². The molecule has 2 saturated heterocycles. The van der Waals surface area contributed by atoms with E-state index in [0.29, 0.717) is 11.1 Å². The number of amides is 3. The SMILES string of the molecule is CN1CC=C(B2OC(C)(C)C(C)(C)O2)CC1.CN1CC=C(c2cc(C(N)=O)c(N)cc2F)CC1.CN1CCC(c2cc(C(N)=O)c(N)cc2F)CC1.CO.NC(=O)c1cc(Br)c(F)cc1N. The monoisotopic (exact) mass is 987 g/mol. The van der Waals surface area contributed by atoms with Crippen LogP contribution in [0.2, 0.25) is 0 Å². The Morgan fingerprint density at radius 2 is 1.09 bits per heavy atom. The van der Waals surface area contributed by atoms with Gasteiger partial charge in [-0.25, -0.2) is 13.2 Å². The number of aliphatic hydroxyl groups excluding tert-OH is 1. The number of piperidine rings is 1. The van der Waals surface area contributed by atoms with E-state index in [4.69, 9.17) is 48.8 Å². The number of nitrogens with two attached hydrogens (primary N) is 6. The maximum atomic E-state index is 13.9. The van der Waals surface area contributed by atoms with Crippen LogP contribution in [0.5, 0.6) is 0 Å². The molecule has 4 aliphatic rings. The molecule has 3 amide bonds. The topological polar surface area (TPSA) is 256 Å². The Morgan fingerprint density at radius 1 is 0.652 bits per heavy atom. The summed E-state index contributed by atoms with van der Waals surface area (Å²) in [6.45, 7) is 14.0. The molecule has 13 N–H and O–H groups in total. The van der Waals surface area contributed by atoms with Crippen LogP contribution < -0.4 is 34.4 Å². The van der Waals surface area contributed by atoms with Crippen LogP contribution in [0.1, 0.15) is 101 Å². The number of benzene rings is 3. The summed E-state index contributed by atoms with van der Waals surface area (Å²) in [5.74, 6) is -3.05. The van der Waals surface area contributed by atoms with Gasteiger partial charge in [0, 0.05) is 55.9 Å². The minimum absolute atomic E-state index is 0.0446. The summed E-state index contributed by atoms with van der Waals surface area (Å²) in [4.78, 5) is 39.8. The molecule has 0 aliphatic carbocycles. The first-order chi connectivity index (χ1) is 30.8. The van der Waals surface area contributed by atoms with Crippen molar-refractivity contribution in [3.05, 3.63) is 104 Å². The van der Waals surface area contributed by atoms with Crippen molar-refractivity contribution in [2.45, 2.75) is 70.5 Å². The third-order valence-corrected chi connectivity index (χ3v) is 12.7. The molecule has 0 atom stereocenters. The van der Waals surface area contributed by atoms with E-state index in [2.05, 4.69) is 71.4 Å². The summed E-state index contributed by atoms with van der Waals surface area (Å²) in [6.07, 6.45) is 7.77. The smallest absolute Gasteiger partial charge is 0.400 e. The fourth-order valence-corrected chi connectivity index (χ4v) is 7.63. The highest BCUT2D eigenvalue weighted by molar-refractivity contribution is 9.10. The Labute approximate surface area is 394 Å². The van der Waals surface area contributed by atoms with Crippen LogP contribution in [0, 0.1) is 17.5 Å². The molecule has 0 spiro atoms. The maximum Gasteiger partial charge on any atom is 0.490 e. The quantitative estimate of drug-likeness (QED) is 0.123. The second-order valence-electron chi connectivity index (χ2n) is 17.5. The number of likely N-dealkylation sites (N-methyl/N-ethyl adjacent to an activating group) is 2. The molecule has 0 unspecified atom stereocenters. The number of carbonyl (C=O) groups excluding carboxylic acids is 3. The van der Waals surface area contributed by atoms with E-state index in [0.717, 1.165) is 89.8 Å². The van der Waals surface area contributed by atoms with Crippen molar-refractivity contribution in [3.63, 3.8) is 0 Å². The van der Waals surface area contributed by atoms with Crippen molar-refractivity contribution in [2.75, 3.05) is 84.7 Å². The maximum absolute atomic E-state index is 13.9. The van der Waals surface area contributed by atoms with Gasteiger partial charge < -0.3 is 63.5 Å². The van der Waals surface area contributed by atoms with Crippen LogP contribution in [0.4, 0.5) is 30.2 Å². The number of aliphatic hydroxyl groups is 1. The average Bonchev–Trinajstić information content (AvgIpc) is 3.47. The molecule has 20 heteroatoms. The molecule has 66 heavy (non-hydrogen) atoms. The zero-order valence-electron chi connectivity index (χ0n) is 39.2. The standard InChI is InChI=1S/C13H18FN3O.C13H16FN3O.C12H22BNO2.C7H6BrFN2O.CH4O/c2*1-17-4-2-8(3-5-17)9-6-10(13(16)18)12(15)7-11(9)14;1-11(2)12(3,4)16-13(15-11)10-6-8-14(5)9-7-10;8-4-1-3(7(11)12)6(10)2-5(4)9;1-2/h6-8H,2-5,15H2,1H3,(H2,16,18);2,6-7H,3-5,15H2,1H3,(H2,16,18);6H,7-9H2,1-5H3;1-2H,10H2,(H2,11,12);2H,1H3. The molecule has 0 bridgehead atoms. The largest absolute Gasteiger partial charge is 0.490 e. The lowest BCUT2D eigenvalue weighted by molar-refractivity contribution is 0.00578. The van der Waals surface area contributed by atoms with Gasteiger partial charge >= 0.3 is 7.12 Å². The number of rotatable bonds is 6. The van der Waals surface area contributed by atoms with Gasteiger partial charge in [0.1, 0.15) is 17.5 Å². The molecular formula is C46H66BBrF3N9O6. The van der Waals surface area contributed by atoms with Crippen molar-refractivity contribution >= 4 is 63.4 Å². The highest BCUT2D eigenvalue weighted by atomic mass is 79.9. The van der Waals surface area contributed by atoms with E-state index in [1.54, 1.807) is 0 Å². The van der Waals surface area contributed by atoms with Crippen molar-refractivity contribution in [3.8, 4) is 0 Å². The number of hydrogen-bond donors (Lipinski definition) is 7. The number of halogens is 4. The normalized spacial score (nSPS) is 18.3. The summed E-state index contributed by atoms with van der Waals surface area (Å²) in [5.41, 5.74) is 35.4. The van der Waals surface area contributed by atoms with Crippen LogP contribution in [-0.2, 0) is 9.31 Å². The van der Waals surface area contributed by atoms with E-state index in [9.17, 15) is 27.6 Å². The summed E-state index contributed by atoms with van der Waals surface area (Å²) in [6, 6.07) is 7.63. The first kappa shape index (κ1) is 55.4. The Hall–Kier alpha value is -4.96. The zero-order chi connectivity index (χ0) is 49.8. The molecule has 4 heterocycles. The molecule has 3 aromatic rings. The van der Waals surface area contributed by atoms with Gasteiger partial charge in [-0.2, -0.15) is 0 Å². The number of nitrogens with zero attached hydrogens (tertiary/aromatic N) is 3. The van der Waals surface area contributed by atoms with E-state index in [1.807, 2.05) is 20.2 Å². The second-order valence-corrected chi connectivity index (χ2v) is 18.4. The molecule has 0 aromatic heterocycles. The fourth-order valence-electron chi connectivity index (χ4n) is 7.29. The molecule has 4 aliphatic heterocycles. The summed E-state index contributed by atoms with van der Waals surface area (Å²) in [7, 11) is 7.04. The van der Waals surface area contributed by atoms with E-state index in [1.165, 1.54) is 29.7 Å². The molecule has 0 saturated carbocycles. The van der Waals surface area contributed by atoms with Crippen LogP contribution in [-0.4, -0.2) is 123 Å². The number of primary amides is 3. The minimum Gasteiger partial charge on any atom is -0.400 e. The summed E-state index contributed by atoms with van der Waals surface area (Å²) < 4.78 is 52.8. The van der Waals surface area contributed by atoms with Gasteiger partial charge in [-0.15, -0.1) is 0 Å². The zero-order valence-corrected chi connectivity index (χ0v) is 40.7. The Balaban J connectivity index is 0.000000233. The lowest BCUT2D eigenvalue weighted by Crippen LogP contribution is -2.41. The minimum atomic E-state index is -0.673. The number of anilines is 3. The third kappa shape index (κ3) is 14.8. The molecule has 362 valence electrons. The molecule has 7 rings (SSSR count). The molecule has 3 aromatic carbocycles. The summed E-state index contributed by atoms with van der Waals surface area (Å²) >= 11 is 2.91.